The summed E-state index contributed by atoms with van der Waals surface area (Å²) in [5, 5.41) is 111. The third kappa shape index (κ3) is 26.7. The van der Waals surface area contributed by atoms with Gasteiger partial charge >= 0.3 is 69.1 Å². The van der Waals surface area contributed by atoms with Gasteiger partial charge in [0.1, 0.15) is 28.6 Å². The van der Waals surface area contributed by atoms with Gasteiger partial charge in [0, 0.05) is 97.0 Å². The summed E-state index contributed by atoms with van der Waals surface area (Å²) in [5.74, 6) is 2.22. The Morgan fingerprint density at radius 2 is 0.727 bits per heavy atom. The number of oxime groups is 1. The van der Waals surface area contributed by atoms with Gasteiger partial charge in [-0.25, -0.2) is 15.9 Å². The number of hydrogen-bond donors (Lipinski definition) is 7. The zero-order chi connectivity index (χ0) is 103. The van der Waals surface area contributed by atoms with E-state index in [2.05, 4.69) is 161 Å². The van der Waals surface area contributed by atoms with Crippen LogP contribution in [0.4, 0.5) is 5.69 Å². The Labute approximate surface area is 907 Å². The number of carbonyl (C=O) groups is 3. The van der Waals surface area contributed by atoms with Crippen LogP contribution in [-0.4, -0.2) is 153 Å². The molecule has 18 aromatic rings. The monoisotopic (exact) mass is 2230 g/mol. The van der Waals surface area contributed by atoms with Crippen LogP contribution in [0.15, 0.2) is 300 Å². The predicted molar refractivity (Wildman–Crippen MR) is 568 cm³/mol. The molecule has 0 aliphatic heterocycles. The number of halogens is 5. The van der Waals surface area contributed by atoms with Gasteiger partial charge < -0.3 is 35.4 Å². The number of anilines is 1. The number of aromatic hydroxyl groups is 2. The Morgan fingerprint density at radius 3 is 1.08 bits per heavy atom. The summed E-state index contributed by atoms with van der Waals surface area (Å²) in [4.78, 5) is 65.3. The quantitative estimate of drug-likeness (QED) is 0.0118. The van der Waals surface area contributed by atoms with Crippen LogP contribution in [0.2, 0.25) is 0 Å². The van der Waals surface area contributed by atoms with E-state index in [0.29, 0.717) is 77.4 Å². The molecule has 0 spiro atoms. The second kappa shape index (κ2) is 50.3. The Bertz CT molecular complexity index is 7810. The average molecular weight is 2240 g/mol. The Kier molecular flexibility index (Phi) is 39.7. The second-order valence-electron chi connectivity index (χ2n) is 34.4. The van der Waals surface area contributed by atoms with Gasteiger partial charge in [-0.15, -0.1) is 12.4 Å². The predicted octanol–water partition coefficient (Wildman–Crippen LogP) is 24.9. The molecule has 18 rings (SSSR count). The molecular formula is C108H89Br4ClK2N16O12. The van der Waals surface area contributed by atoms with Gasteiger partial charge in [0.15, 0.2) is 22.7 Å². The summed E-state index contributed by atoms with van der Waals surface area (Å²) in [6.07, 6.45) is 11.4. The molecule has 0 atom stereocenters. The fraction of sp³-hybridized carbons (Fsp3) is 0.157. The first-order valence-electron chi connectivity index (χ1n) is 43.9. The first kappa shape index (κ1) is 113. The molecule has 0 radical (unpaired) electrons. The molecule has 8 aromatic heterocycles. The number of aromatic nitrogens is 8. The summed E-state index contributed by atoms with van der Waals surface area (Å²) in [6, 6.07) is 80.9. The van der Waals surface area contributed by atoms with Gasteiger partial charge in [-0.05, 0) is 199 Å². The molecule has 8 heterocycles. The number of benzene rings is 10. The zero-order valence-electron chi connectivity index (χ0n) is 79.5. The number of pyridine rings is 6. The number of carbonyl (C=O) groups excluding carboxylic acids is 3. The van der Waals surface area contributed by atoms with Crippen LogP contribution < -0.4 is 11.6 Å². The molecule has 0 unspecified atom stereocenters. The van der Waals surface area contributed by atoms with Crippen molar-refractivity contribution < 1.29 is 59.2 Å². The number of rotatable bonds is 16. The molecule has 28 nitrogen and oxygen atoms in total. The molecule has 0 aliphatic rings. The van der Waals surface area contributed by atoms with Crippen molar-refractivity contribution >= 4 is 245 Å². The van der Waals surface area contributed by atoms with Crippen molar-refractivity contribution in [2.45, 2.75) is 110 Å². The molecule has 35 heteroatoms. The number of hydrogen-bond acceptors (Lipinski definition) is 28. The van der Waals surface area contributed by atoms with E-state index in [1.807, 2.05) is 233 Å². The molecule has 9 N–H and O–H groups in total. The third-order valence-corrected chi connectivity index (χ3v) is 25.0. The van der Waals surface area contributed by atoms with Crippen LogP contribution >= 0.6 is 76.1 Å². The van der Waals surface area contributed by atoms with Crippen molar-refractivity contribution in [2.75, 3.05) is 5.73 Å². The number of nitriles is 5. The van der Waals surface area contributed by atoms with Gasteiger partial charge in [-0.3, -0.25) is 44.4 Å². The summed E-state index contributed by atoms with van der Waals surface area (Å²) in [5.41, 5.74) is 21.5. The van der Waals surface area contributed by atoms with Crippen LogP contribution in [0.3, 0.4) is 0 Å². The minimum atomic E-state index is -0.627. The normalized spacial score (nSPS) is 11.2. The van der Waals surface area contributed by atoms with Crippen molar-refractivity contribution in [1.82, 2.24) is 40.2 Å². The Hall–Kier alpha value is -12.2. The fourth-order valence-electron chi connectivity index (χ4n) is 14.7. The van der Waals surface area contributed by atoms with Gasteiger partial charge in [0.2, 0.25) is 0 Å². The van der Waals surface area contributed by atoms with Crippen molar-refractivity contribution in [2.24, 2.45) is 11.1 Å². The molecule has 0 amide bonds. The van der Waals surface area contributed by atoms with Crippen molar-refractivity contribution in [3.05, 3.63) is 347 Å². The van der Waals surface area contributed by atoms with E-state index in [0.717, 1.165) is 112 Å². The summed E-state index contributed by atoms with van der Waals surface area (Å²) >= 11 is 16.2. The van der Waals surface area contributed by atoms with E-state index in [1.165, 1.54) is 81.7 Å². The second-order valence-corrected chi connectivity index (χ2v) is 38.0. The minimum absolute atomic E-state index is 0. The molecule has 0 bridgehead atoms. The molecule has 143 heavy (non-hydrogen) atoms. The molecule has 710 valence electrons. The molecule has 0 aliphatic carbocycles. The SMILES string of the molecule is CC(C)(C#N)c1ccc(-c2noc3cnc4ccc(-c5cccnc5)cc4c23)cc1.CC(C)(C#N)c1ccc(-c2noc3cnc4ccc(Br)cc4c23)cc1.CC(C)(C#N)c1ccc(/C(=N\O)c2c(O)cnc3ccc(Br)cc23)cc1.CC(C)(C#N)c1ccc(C(=O)c2c(N)cnc3ccc(Br)cc23)cc1.CC(C)(C#N)c1ccc(C(=O)c2c(O)cnc3ccc(Br)cc23)cc1.CCC(=O)OOO.Cl.NO.[K][K]. The van der Waals surface area contributed by atoms with Crippen LogP contribution in [0.25, 0.3) is 110 Å². The standard InChI is InChI=1S/C25H18N4O.C20H16BrN3O2.C20H14BrN3O.C20H16BrN3O.C20H15BrN2O2.C3H6O4.ClH.2K.H3NO/c1-25(2,15-26)19-8-5-16(6-9-19)24-23-20-12-17(18-4-3-11-27-13-18)7-10-21(20)28-14-22(23)30-29-24;1-20(2,11-22)13-5-3-12(4-6-13)19(24-26)18-15-9-14(21)7-8-16(15)23-10-17(18)25;1-20(2,11-22)13-5-3-12(4-6-13)19-18-15-9-14(21)7-8-16(15)23-10-17(18)25-24-19;1-20(2,11-22)13-5-3-12(4-6-13)19(25)18-15-9-14(21)7-8-17(15)24-10-16(18)23;1-20(2,11-22)13-5-3-12(4-6-13)19(25)18-15-9-14(21)7-8-16(15)23-10-17(18)24;1-2-3(4)6-7-5;;;;1-2/h3-14H,1-2H3;3-10,25-26H,1-2H3;3-10H,1-2H3;3-10H,23H2,1-2H3;3-10,24H,1-2H3;5H,2H2,1H3;1H;;;2H,1H2/b;24-19+;;;;;;;;. The van der Waals surface area contributed by atoms with Gasteiger partial charge in [0.05, 0.1) is 149 Å². The van der Waals surface area contributed by atoms with Crippen molar-refractivity contribution in [3.63, 3.8) is 0 Å². The summed E-state index contributed by atoms with van der Waals surface area (Å²) in [6.45, 7) is 20.2. The van der Waals surface area contributed by atoms with Crippen LogP contribution in [0, 0.1) is 56.7 Å². The number of nitrogens with zero attached hydrogens (tertiary/aromatic N) is 14. The molecular weight excluding hydrogens is 2150 g/mol. The number of ketones is 2. The van der Waals surface area contributed by atoms with Gasteiger partial charge in [0.25, 0.3) is 0 Å². The molecule has 0 saturated carbocycles. The van der Waals surface area contributed by atoms with Crippen LogP contribution in [0.5, 0.6) is 11.5 Å². The van der Waals surface area contributed by atoms with Crippen LogP contribution in [0.1, 0.15) is 153 Å². The number of fused-ring (bicyclic) bond motifs is 9. The molecule has 0 saturated heterocycles. The molecule has 0 fully saturated rings. The maximum absolute atomic E-state index is 13.0. The summed E-state index contributed by atoms with van der Waals surface area (Å²) < 4.78 is 14.5. The topological polar surface area (TPSA) is 484 Å². The average Bonchev–Trinajstić information content (AvgIpc) is 1.66. The van der Waals surface area contributed by atoms with Crippen LogP contribution in [-0.2, 0) is 41.8 Å². The zero-order valence-corrected chi connectivity index (χ0v) is 92.9. The van der Waals surface area contributed by atoms with E-state index in [9.17, 15) is 56.1 Å². The van der Waals surface area contributed by atoms with Crippen molar-refractivity contribution in [3.8, 4) is 75.5 Å². The molecule has 10 aromatic carbocycles. The van der Waals surface area contributed by atoms with E-state index >= 15 is 0 Å². The van der Waals surface area contributed by atoms with E-state index < -0.39 is 33.0 Å². The summed E-state index contributed by atoms with van der Waals surface area (Å²) in [7, 11) is 0. The number of nitrogens with two attached hydrogens (primary N) is 2. The van der Waals surface area contributed by atoms with Gasteiger partial charge in [-0.1, -0.05) is 220 Å². The van der Waals surface area contributed by atoms with E-state index in [-0.39, 0.29) is 53.2 Å². The third-order valence-electron chi connectivity index (χ3n) is 23.0. The fourth-order valence-corrected chi connectivity index (χ4v) is 16.2. The first-order valence-corrected chi connectivity index (χ1v) is 63.1. The maximum atomic E-state index is 13.0. The number of nitrogen functional groups attached to an aromatic ring is 1. The van der Waals surface area contributed by atoms with E-state index in [4.69, 9.17) is 25.2 Å². The Morgan fingerprint density at radius 1 is 0.413 bits per heavy atom. The first-order chi connectivity index (χ1) is 67.9. The van der Waals surface area contributed by atoms with E-state index in [1.54, 1.807) is 86.2 Å². The van der Waals surface area contributed by atoms with Gasteiger partial charge in [-0.2, -0.15) is 26.3 Å². The van der Waals surface area contributed by atoms with Crippen molar-refractivity contribution in [1.29, 1.82) is 26.3 Å². The Balaban J connectivity index is 0.000000179.